The molecular weight excluding hydrogens is 252 g/mol. The Morgan fingerprint density at radius 2 is 1.60 bits per heavy atom. The van der Waals surface area contributed by atoms with Gasteiger partial charge in [-0.2, -0.15) is 0 Å². The lowest BCUT2D eigenvalue weighted by atomic mass is 10.1. The Morgan fingerprint density at radius 1 is 0.900 bits per heavy atom. The van der Waals surface area contributed by atoms with Crippen LogP contribution in [0.4, 0.5) is 5.69 Å². The van der Waals surface area contributed by atoms with Crippen molar-refractivity contribution in [3.05, 3.63) is 65.0 Å². The van der Waals surface area contributed by atoms with Crippen molar-refractivity contribution in [1.82, 2.24) is 15.2 Å². The number of aromatic amines is 1. The van der Waals surface area contributed by atoms with Crippen molar-refractivity contribution in [3.8, 4) is 22.6 Å². The molecule has 1 aromatic heterocycles. The fourth-order valence-electron chi connectivity index (χ4n) is 1.96. The molecule has 0 aliphatic heterocycles. The first-order chi connectivity index (χ1) is 9.75. The molecule has 0 fully saturated rings. The number of nitrogen functional groups attached to an aromatic ring is 1. The maximum Gasteiger partial charge on any atom is 0.278 e. The van der Waals surface area contributed by atoms with Crippen molar-refractivity contribution in [2.75, 3.05) is 5.73 Å². The fourth-order valence-corrected chi connectivity index (χ4v) is 1.96. The van der Waals surface area contributed by atoms with E-state index >= 15 is 0 Å². The zero-order chi connectivity index (χ0) is 13.9. The van der Waals surface area contributed by atoms with Crippen LogP contribution in [0.15, 0.2) is 59.4 Å². The van der Waals surface area contributed by atoms with Crippen LogP contribution in [0.25, 0.3) is 22.6 Å². The normalized spacial score (nSPS) is 10.4. The second-order valence-corrected chi connectivity index (χ2v) is 4.30. The number of nitrogens with one attached hydrogen (secondary N) is 1. The van der Waals surface area contributed by atoms with Gasteiger partial charge in [0.15, 0.2) is 11.5 Å². The van der Waals surface area contributed by atoms with E-state index in [1.807, 2.05) is 42.5 Å². The van der Waals surface area contributed by atoms with Gasteiger partial charge in [-0.25, -0.2) is 0 Å². The van der Waals surface area contributed by atoms with Gasteiger partial charge in [-0.1, -0.05) is 42.5 Å². The summed E-state index contributed by atoms with van der Waals surface area (Å²) in [6.45, 7) is 0. The SMILES string of the molecule is Nc1ccccc1-c1nnc(-c2ccccc2)c(=O)[nH]1. The number of benzene rings is 2. The lowest BCUT2D eigenvalue weighted by molar-refractivity contribution is 0.963. The van der Waals surface area contributed by atoms with Crippen molar-refractivity contribution >= 4 is 5.69 Å². The van der Waals surface area contributed by atoms with Gasteiger partial charge in [-0.3, -0.25) is 4.79 Å². The highest BCUT2D eigenvalue weighted by Gasteiger charge is 2.09. The summed E-state index contributed by atoms with van der Waals surface area (Å²) in [7, 11) is 0. The van der Waals surface area contributed by atoms with Gasteiger partial charge in [0.25, 0.3) is 5.56 Å². The van der Waals surface area contributed by atoms with E-state index in [0.29, 0.717) is 22.8 Å². The number of H-pyrrole nitrogens is 1. The first-order valence-corrected chi connectivity index (χ1v) is 6.13. The summed E-state index contributed by atoms with van der Waals surface area (Å²) in [6, 6.07) is 16.4. The van der Waals surface area contributed by atoms with Gasteiger partial charge >= 0.3 is 0 Å². The largest absolute Gasteiger partial charge is 0.398 e. The molecule has 20 heavy (non-hydrogen) atoms. The molecule has 0 aliphatic carbocycles. The van der Waals surface area contributed by atoms with Crippen molar-refractivity contribution < 1.29 is 0 Å². The van der Waals surface area contributed by atoms with Crippen LogP contribution < -0.4 is 11.3 Å². The Balaban J connectivity index is 2.09. The second-order valence-electron chi connectivity index (χ2n) is 4.30. The van der Waals surface area contributed by atoms with E-state index in [1.165, 1.54) is 0 Å². The van der Waals surface area contributed by atoms with Gasteiger partial charge in [0.2, 0.25) is 0 Å². The molecule has 3 aromatic rings. The van der Waals surface area contributed by atoms with E-state index < -0.39 is 0 Å². The number of hydrogen-bond acceptors (Lipinski definition) is 4. The van der Waals surface area contributed by atoms with Crippen LogP contribution in [0.3, 0.4) is 0 Å². The number of para-hydroxylation sites is 1. The zero-order valence-corrected chi connectivity index (χ0v) is 10.6. The maximum atomic E-state index is 12.1. The highest BCUT2D eigenvalue weighted by atomic mass is 16.1. The van der Waals surface area contributed by atoms with Crippen molar-refractivity contribution in [2.45, 2.75) is 0 Å². The molecule has 3 rings (SSSR count). The van der Waals surface area contributed by atoms with Gasteiger partial charge in [-0.05, 0) is 12.1 Å². The van der Waals surface area contributed by atoms with Gasteiger partial charge in [0, 0.05) is 16.8 Å². The molecule has 0 unspecified atom stereocenters. The van der Waals surface area contributed by atoms with E-state index in [9.17, 15) is 4.79 Å². The lowest BCUT2D eigenvalue weighted by Gasteiger charge is -2.04. The molecule has 1 heterocycles. The molecule has 3 N–H and O–H groups in total. The smallest absolute Gasteiger partial charge is 0.278 e. The third-order valence-electron chi connectivity index (χ3n) is 2.96. The molecule has 0 saturated heterocycles. The highest BCUT2D eigenvalue weighted by molar-refractivity contribution is 5.71. The summed E-state index contributed by atoms with van der Waals surface area (Å²) in [5.41, 5.74) is 7.81. The molecule has 0 bridgehead atoms. The minimum Gasteiger partial charge on any atom is -0.398 e. The molecule has 0 spiro atoms. The number of aromatic nitrogens is 3. The summed E-state index contributed by atoms with van der Waals surface area (Å²) >= 11 is 0. The van der Waals surface area contributed by atoms with Crippen molar-refractivity contribution in [2.24, 2.45) is 0 Å². The van der Waals surface area contributed by atoms with Gasteiger partial charge in [-0.15, -0.1) is 10.2 Å². The highest BCUT2D eigenvalue weighted by Crippen LogP contribution is 2.21. The fraction of sp³-hybridized carbons (Fsp3) is 0. The Morgan fingerprint density at radius 3 is 2.30 bits per heavy atom. The number of rotatable bonds is 2. The van der Waals surface area contributed by atoms with Crippen LogP contribution in [0.2, 0.25) is 0 Å². The average molecular weight is 264 g/mol. The topological polar surface area (TPSA) is 84.7 Å². The predicted molar refractivity (Wildman–Crippen MR) is 77.9 cm³/mol. The van der Waals surface area contributed by atoms with Crippen LogP contribution >= 0.6 is 0 Å². The number of anilines is 1. The van der Waals surface area contributed by atoms with Gasteiger partial charge in [0.05, 0.1) is 0 Å². The zero-order valence-electron chi connectivity index (χ0n) is 10.6. The minimum atomic E-state index is -0.288. The molecule has 0 aliphatic rings. The molecule has 0 atom stereocenters. The minimum absolute atomic E-state index is 0.288. The van der Waals surface area contributed by atoms with Crippen molar-refractivity contribution in [1.29, 1.82) is 0 Å². The van der Waals surface area contributed by atoms with Crippen LogP contribution in [-0.4, -0.2) is 15.2 Å². The third kappa shape index (κ3) is 2.16. The molecule has 0 amide bonds. The second kappa shape index (κ2) is 4.97. The van der Waals surface area contributed by atoms with E-state index in [-0.39, 0.29) is 5.56 Å². The lowest BCUT2D eigenvalue weighted by Crippen LogP contribution is -2.14. The summed E-state index contributed by atoms with van der Waals surface area (Å²) in [4.78, 5) is 14.8. The Hall–Kier alpha value is -2.95. The molecule has 98 valence electrons. The Kier molecular flexibility index (Phi) is 3.01. The monoisotopic (exact) mass is 264 g/mol. The van der Waals surface area contributed by atoms with Gasteiger partial charge < -0.3 is 10.7 Å². The molecule has 2 aromatic carbocycles. The quantitative estimate of drug-likeness (QED) is 0.694. The van der Waals surface area contributed by atoms with E-state index in [1.54, 1.807) is 12.1 Å². The molecule has 0 radical (unpaired) electrons. The summed E-state index contributed by atoms with van der Waals surface area (Å²) in [6.07, 6.45) is 0. The average Bonchev–Trinajstić information content (AvgIpc) is 2.48. The van der Waals surface area contributed by atoms with Crippen LogP contribution in [-0.2, 0) is 0 Å². The number of nitrogens with zero attached hydrogens (tertiary/aromatic N) is 2. The van der Waals surface area contributed by atoms with E-state index in [0.717, 1.165) is 5.56 Å². The first-order valence-electron chi connectivity index (χ1n) is 6.13. The maximum absolute atomic E-state index is 12.1. The molecule has 5 nitrogen and oxygen atoms in total. The molecule has 0 saturated carbocycles. The van der Waals surface area contributed by atoms with Crippen molar-refractivity contribution in [3.63, 3.8) is 0 Å². The Labute approximate surface area is 115 Å². The standard InChI is InChI=1S/C15H12N4O/c16-12-9-5-4-8-11(12)14-17-15(20)13(18-19-14)10-6-2-1-3-7-10/h1-9H,16H2,(H,17,19,20). The summed E-state index contributed by atoms with van der Waals surface area (Å²) in [5, 5.41) is 8.08. The molecular formula is C15H12N4O. The Bertz CT molecular complexity index is 796. The molecule has 5 heteroatoms. The first kappa shape index (κ1) is 12.1. The van der Waals surface area contributed by atoms with E-state index in [4.69, 9.17) is 5.73 Å². The van der Waals surface area contributed by atoms with Crippen LogP contribution in [0.1, 0.15) is 0 Å². The van der Waals surface area contributed by atoms with Gasteiger partial charge in [0.1, 0.15) is 0 Å². The third-order valence-corrected chi connectivity index (χ3v) is 2.96. The predicted octanol–water partition coefficient (Wildman–Crippen LogP) is 2.08. The summed E-state index contributed by atoms with van der Waals surface area (Å²) in [5.74, 6) is 0.368. The van der Waals surface area contributed by atoms with E-state index in [2.05, 4.69) is 15.2 Å². The van der Waals surface area contributed by atoms with Crippen LogP contribution in [0, 0.1) is 0 Å². The number of nitrogens with two attached hydrogens (primary N) is 1. The summed E-state index contributed by atoms with van der Waals surface area (Å²) < 4.78 is 0. The van der Waals surface area contributed by atoms with Crippen LogP contribution in [0.5, 0.6) is 0 Å². The number of hydrogen-bond donors (Lipinski definition) is 2.